The van der Waals surface area contributed by atoms with Crippen LogP contribution in [0.5, 0.6) is 0 Å². The summed E-state index contributed by atoms with van der Waals surface area (Å²) in [5.74, 6) is 3.12. The fourth-order valence-electron chi connectivity index (χ4n) is 4.17. The fourth-order valence-corrected chi connectivity index (χ4v) is 4.17. The lowest BCUT2D eigenvalue weighted by Gasteiger charge is -2.11. The van der Waals surface area contributed by atoms with Gasteiger partial charge >= 0.3 is 0 Å². The zero-order valence-corrected chi connectivity index (χ0v) is 27.1. The van der Waals surface area contributed by atoms with Gasteiger partial charge in [-0.2, -0.15) is 0 Å². The number of allylic oxidation sites excluding steroid dienone is 7. The molecule has 0 spiro atoms. The molecule has 0 fully saturated rings. The molecule has 0 bridgehead atoms. The van der Waals surface area contributed by atoms with Crippen molar-refractivity contribution in [3.05, 3.63) is 144 Å². The monoisotopic (exact) mass is 546 g/mol. The Morgan fingerprint density at radius 2 is 1.39 bits per heavy atom. The summed E-state index contributed by atoms with van der Waals surface area (Å²) in [5.41, 5.74) is 8.51. The minimum Gasteiger partial charge on any atom is -0.119 e. The van der Waals surface area contributed by atoms with Crippen LogP contribution in [0.25, 0.3) is 11.1 Å². The van der Waals surface area contributed by atoms with Crippen LogP contribution >= 0.6 is 0 Å². The van der Waals surface area contributed by atoms with E-state index in [1.807, 2.05) is 38.1 Å². The normalized spacial score (nSPS) is 11.5. The van der Waals surface area contributed by atoms with E-state index in [1.165, 1.54) is 39.8 Å². The first-order valence-corrected chi connectivity index (χ1v) is 15.2. The summed E-state index contributed by atoms with van der Waals surface area (Å²) in [7, 11) is 0. The number of hydrogen-bond acceptors (Lipinski definition) is 0. The van der Waals surface area contributed by atoms with Crippen LogP contribution in [0.2, 0.25) is 0 Å². The van der Waals surface area contributed by atoms with Crippen molar-refractivity contribution >= 4 is 11.1 Å². The van der Waals surface area contributed by atoms with E-state index in [4.69, 9.17) is 6.42 Å². The molecule has 0 nitrogen and oxygen atoms in total. The van der Waals surface area contributed by atoms with Crippen LogP contribution in [-0.2, 0) is 0 Å². The van der Waals surface area contributed by atoms with Gasteiger partial charge in [-0.15, -0.1) is 6.42 Å². The van der Waals surface area contributed by atoms with E-state index in [0.717, 1.165) is 24.8 Å². The van der Waals surface area contributed by atoms with E-state index >= 15 is 0 Å². The molecule has 41 heavy (non-hydrogen) atoms. The molecule has 1 atom stereocenters. The molecule has 0 amide bonds. The second-order valence-corrected chi connectivity index (χ2v) is 9.53. The third-order valence-electron chi connectivity index (χ3n) is 6.11. The summed E-state index contributed by atoms with van der Waals surface area (Å²) in [4.78, 5) is 0. The largest absolute Gasteiger partial charge is 0.119 e. The van der Waals surface area contributed by atoms with Gasteiger partial charge in [-0.25, -0.2) is 0 Å². The van der Waals surface area contributed by atoms with E-state index in [0.29, 0.717) is 0 Å². The summed E-state index contributed by atoms with van der Waals surface area (Å²) in [5, 5.41) is 0. The molecular weight excluding hydrogens is 492 g/mol. The van der Waals surface area contributed by atoms with Crippen LogP contribution < -0.4 is 0 Å². The Balaban J connectivity index is 0.000000702. The molecular formula is C41H54. The van der Waals surface area contributed by atoms with Gasteiger partial charge in [-0.05, 0) is 79.0 Å². The van der Waals surface area contributed by atoms with Crippen LogP contribution in [0.15, 0.2) is 121 Å². The van der Waals surface area contributed by atoms with Crippen LogP contribution in [0.4, 0.5) is 0 Å². The molecule has 0 saturated carbocycles. The highest BCUT2D eigenvalue weighted by molar-refractivity contribution is 5.84. The third-order valence-corrected chi connectivity index (χ3v) is 6.11. The minimum absolute atomic E-state index is 0.257. The van der Waals surface area contributed by atoms with E-state index in [-0.39, 0.29) is 5.92 Å². The maximum atomic E-state index is 5.55. The van der Waals surface area contributed by atoms with Gasteiger partial charge in [0.1, 0.15) is 0 Å². The molecule has 0 aliphatic carbocycles. The van der Waals surface area contributed by atoms with Crippen molar-refractivity contribution in [2.24, 2.45) is 0 Å². The van der Waals surface area contributed by atoms with Gasteiger partial charge in [0.15, 0.2) is 0 Å². The summed E-state index contributed by atoms with van der Waals surface area (Å²) >= 11 is 0. The smallest absolute Gasteiger partial charge is 0.0452 e. The summed E-state index contributed by atoms with van der Waals surface area (Å²) in [6, 6.07) is 29.2. The van der Waals surface area contributed by atoms with E-state index in [2.05, 4.69) is 139 Å². The van der Waals surface area contributed by atoms with Gasteiger partial charge < -0.3 is 0 Å². The predicted molar refractivity (Wildman–Crippen MR) is 188 cm³/mol. The minimum atomic E-state index is 0.257. The van der Waals surface area contributed by atoms with Gasteiger partial charge in [-0.1, -0.05) is 163 Å². The lowest BCUT2D eigenvalue weighted by atomic mass is 9.94. The third kappa shape index (κ3) is 14.9. The number of aryl methyl sites for hydroxylation is 1. The number of terminal acetylenes is 1. The van der Waals surface area contributed by atoms with Gasteiger partial charge in [-0.3, -0.25) is 0 Å². The second-order valence-electron chi connectivity index (χ2n) is 9.53. The van der Waals surface area contributed by atoms with Crippen molar-refractivity contribution in [2.45, 2.75) is 87.0 Å². The van der Waals surface area contributed by atoms with Crippen molar-refractivity contribution in [3.8, 4) is 12.3 Å². The molecule has 0 radical (unpaired) electrons. The lowest BCUT2D eigenvalue weighted by Crippen LogP contribution is -1.94. The molecule has 0 aromatic heterocycles. The van der Waals surface area contributed by atoms with Gasteiger partial charge in [0.25, 0.3) is 0 Å². The zero-order valence-electron chi connectivity index (χ0n) is 27.1. The molecule has 3 rings (SSSR count). The Morgan fingerprint density at radius 3 is 1.90 bits per heavy atom. The molecule has 1 unspecified atom stereocenters. The fraction of sp³-hybridized carbons (Fsp3) is 0.317. The highest BCUT2D eigenvalue weighted by Crippen LogP contribution is 2.27. The number of rotatable bonds is 9. The molecule has 3 aromatic rings. The molecule has 0 aliphatic rings. The van der Waals surface area contributed by atoms with Crippen molar-refractivity contribution in [1.82, 2.24) is 0 Å². The first-order valence-electron chi connectivity index (χ1n) is 15.2. The Labute approximate surface area is 253 Å². The van der Waals surface area contributed by atoms with Crippen molar-refractivity contribution < 1.29 is 0 Å². The summed E-state index contributed by atoms with van der Waals surface area (Å²) in [6.07, 6.45) is 18.7. The van der Waals surface area contributed by atoms with Gasteiger partial charge in [0, 0.05) is 5.92 Å². The van der Waals surface area contributed by atoms with Gasteiger partial charge in [0.2, 0.25) is 0 Å². The predicted octanol–water partition coefficient (Wildman–Crippen LogP) is 12.7. The van der Waals surface area contributed by atoms with Crippen LogP contribution in [0.3, 0.4) is 0 Å². The standard InChI is InChI=1S/C21H22.C15H18.C3H8.C2H6/c1-5-20(19-12-7-6-8-13-19)17(3)15-18(4)21-14-10-9-11-16(21)2;1-3-5-6-8-11-14(4-2)15-12-9-7-10-13-15;1-3-2;1-2/h5-15H,4H2,1-3H3;2,5-7,9-10,12-14H,3,8,11H2,1H3;3H2,1-2H3;1-2H3/b17-15-,20-5+;6-5-;;. The molecule has 0 heteroatoms. The summed E-state index contributed by atoms with van der Waals surface area (Å²) in [6.45, 7) is 21.0. The van der Waals surface area contributed by atoms with Crippen molar-refractivity contribution in [2.75, 3.05) is 0 Å². The first-order chi connectivity index (χ1) is 19.9. The quantitative estimate of drug-likeness (QED) is 0.142. The van der Waals surface area contributed by atoms with Crippen LogP contribution in [0.1, 0.15) is 102 Å². The average Bonchev–Trinajstić information content (AvgIpc) is 3.00. The van der Waals surface area contributed by atoms with Crippen molar-refractivity contribution in [1.29, 1.82) is 0 Å². The topological polar surface area (TPSA) is 0 Å². The van der Waals surface area contributed by atoms with Crippen LogP contribution in [-0.4, -0.2) is 0 Å². The highest BCUT2D eigenvalue weighted by atomic mass is 14.1. The zero-order chi connectivity index (χ0) is 30.9. The Morgan fingerprint density at radius 1 is 0.854 bits per heavy atom. The first kappa shape index (κ1) is 37.2. The average molecular weight is 547 g/mol. The molecule has 0 heterocycles. The van der Waals surface area contributed by atoms with Crippen LogP contribution in [0, 0.1) is 19.3 Å². The Kier molecular flexibility index (Phi) is 21.8. The van der Waals surface area contributed by atoms with E-state index < -0.39 is 0 Å². The molecule has 218 valence electrons. The summed E-state index contributed by atoms with van der Waals surface area (Å²) < 4.78 is 0. The maximum absolute atomic E-state index is 5.55. The number of hydrogen-bond donors (Lipinski definition) is 0. The molecule has 0 saturated heterocycles. The SMILES string of the molecule is C#CC(CC/C=C\CC)c1ccccc1.C=C(/C=C(C)\C(=C/C)c1ccccc1)c1ccccc1C.CC.CCC. The Hall–Kier alpha value is -3.82. The van der Waals surface area contributed by atoms with Crippen molar-refractivity contribution in [3.63, 3.8) is 0 Å². The second kappa shape index (κ2) is 24.0. The number of benzene rings is 3. The molecule has 0 N–H and O–H groups in total. The lowest BCUT2D eigenvalue weighted by molar-refractivity contribution is 0.769. The maximum Gasteiger partial charge on any atom is 0.0452 e. The van der Waals surface area contributed by atoms with E-state index in [9.17, 15) is 0 Å². The molecule has 3 aromatic carbocycles. The molecule has 0 aliphatic heterocycles. The Bertz CT molecular complexity index is 1210. The highest BCUT2D eigenvalue weighted by Gasteiger charge is 2.06. The van der Waals surface area contributed by atoms with Gasteiger partial charge in [0.05, 0.1) is 0 Å². The van der Waals surface area contributed by atoms with E-state index in [1.54, 1.807) is 0 Å².